The lowest BCUT2D eigenvalue weighted by molar-refractivity contribution is -0.132. The number of carbonyl (C=O) groups excluding carboxylic acids is 1. The van der Waals surface area contributed by atoms with Gasteiger partial charge in [0.15, 0.2) is 0 Å². The van der Waals surface area contributed by atoms with Gasteiger partial charge in [0.25, 0.3) is 0 Å². The molecule has 0 aliphatic heterocycles. The lowest BCUT2D eigenvalue weighted by Crippen LogP contribution is -2.33. The van der Waals surface area contributed by atoms with Crippen LogP contribution in [-0.2, 0) is 24.3 Å². The highest BCUT2D eigenvalue weighted by Gasteiger charge is 2.33. The molecule has 4 nitrogen and oxygen atoms in total. The van der Waals surface area contributed by atoms with Crippen LogP contribution in [-0.4, -0.2) is 26.6 Å². The van der Waals surface area contributed by atoms with Crippen LogP contribution < -0.4 is 0 Å². The number of hydrogen-bond acceptors (Lipinski definition) is 2. The maximum absolute atomic E-state index is 14.2. The van der Waals surface area contributed by atoms with Crippen LogP contribution in [0.2, 0.25) is 5.02 Å². The van der Waals surface area contributed by atoms with Crippen molar-refractivity contribution in [2.75, 3.05) is 0 Å². The molecular formula is C22H29ClFN3O. The van der Waals surface area contributed by atoms with Gasteiger partial charge in [-0.05, 0) is 56.7 Å². The second-order valence-corrected chi connectivity index (χ2v) is 8.59. The smallest absolute Gasteiger partial charge is 0.223 e. The molecule has 1 aromatic carbocycles. The van der Waals surface area contributed by atoms with Gasteiger partial charge in [0, 0.05) is 35.3 Å². The third-order valence-electron chi connectivity index (χ3n) is 5.36. The van der Waals surface area contributed by atoms with E-state index in [4.69, 9.17) is 11.6 Å². The molecular weight excluding hydrogens is 377 g/mol. The number of aromatic nitrogens is 2. The van der Waals surface area contributed by atoms with Crippen molar-refractivity contribution in [2.45, 2.75) is 72.5 Å². The first-order valence-corrected chi connectivity index (χ1v) is 10.4. The molecule has 0 N–H and O–H groups in total. The van der Waals surface area contributed by atoms with Crippen molar-refractivity contribution >= 4 is 17.5 Å². The summed E-state index contributed by atoms with van der Waals surface area (Å²) in [5.74, 6) is 0.216. The first kappa shape index (κ1) is 20.8. The number of aryl methyl sites for hydroxylation is 1. The summed E-state index contributed by atoms with van der Waals surface area (Å²) in [4.78, 5) is 14.8. The number of nitrogens with zero attached hydrogens (tertiary/aromatic N) is 3. The van der Waals surface area contributed by atoms with Crippen LogP contribution in [0.15, 0.2) is 18.2 Å². The van der Waals surface area contributed by atoms with E-state index in [2.05, 4.69) is 25.9 Å². The molecule has 3 rings (SSSR count). The summed E-state index contributed by atoms with van der Waals surface area (Å²) in [7, 11) is 0. The average molecular weight is 406 g/mol. The van der Waals surface area contributed by atoms with Gasteiger partial charge < -0.3 is 4.90 Å². The zero-order chi connectivity index (χ0) is 20.4. The Labute approximate surface area is 171 Å². The van der Waals surface area contributed by atoms with Crippen LogP contribution in [0.1, 0.15) is 55.6 Å². The Hall–Kier alpha value is -1.88. The fourth-order valence-corrected chi connectivity index (χ4v) is 3.88. The lowest BCUT2D eigenvalue weighted by Gasteiger charge is -2.23. The quantitative estimate of drug-likeness (QED) is 0.614. The molecule has 0 radical (unpaired) electrons. The standard InChI is InChI=1S/C22H29ClFN3O/c1-14(2)12-27-16(4)18(15(3)25-27)10-11-22(28)26(17-8-9-17)13-19-20(23)6-5-7-21(19)24/h5-7,14,17H,8-13H2,1-4H3. The second kappa shape index (κ2) is 8.64. The summed E-state index contributed by atoms with van der Waals surface area (Å²) in [5, 5.41) is 5.01. The molecule has 1 aliphatic carbocycles. The summed E-state index contributed by atoms with van der Waals surface area (Å²) < 4.78 is 16.2. The molecule has 1 saturated carbocycles. The molecule has 6 heteroatoms. The predicted octanol–water partition coefficient (Wildman–Crippen LogP) is 5.07. The highest BCUT2D eigenvalue weighted by Crippen LogP contribution is 2.31. The van der Waals surface area contributed by atoms with E-state index in [0.29, 0.717) is 29.3 Å². The highest BCUT2D eigenvalue weighted by molar-refractivity contribution is 6.31. The van der Waals surface area contributed by atoms with Crippen LogP contribution in [0.5, 0.6) is 0 Å². The largest absolute Gasteiger partial charge is 0.335 e. The predicted molar refractivity (Wildman–Crippen MR) is 110 cm³/mol. The maximum Gasteiger partial charge on any atom is 0.223 e. The second-order valence-electron chi connectivity index (χ2n) is 8.18. The minimum absolute atomic E-state index is 0.0530. The molecule has 0 unspecified atom stereocenters. The van der Waals surface area contributed by atoms with Gasteiger partial charge in [-0.2, -0.15) is 5.10 Å². The molecule has 0 spiro atoms. The molecule has 152 valence electrons. The van der Waals surface area contributed by atoms with Crippen LogP contribution in [0.4, 0.5) is 4.39 Å². The minimum atomic E-state index is -0.354. The number of amides is 1. The molecule has 1 aromatic heterocycles. The summed E-state index contributed by atoms with van der Waals surface area (Å²) >= 11 is 6.17. The Bertz CT molecular complexity index is 837. The Morgan fingerprint density at radius 2 is 2.04 bits per heavy atom. The summed E-state index contributed by atoms with van der Waals surface area (Å²) in [6.45, 7) is 9.52. The van der Waals surface area contributed by atoms with Crippen LogP contribution in [0, 0.1) is 25.6 Å². The van der Waals surface area contributed by atoms with Gasteiger partial charge in [-0.25, -0.2) is 4.39 Å². The fourth-order valence-electron chi connectivity index (χ4n) is 3.66. The minimum Gasteiger partial charge on any atom is -0.335 e. The van der Waals surface area contributed by atoms with Crippen molar-refractivity contribution in [2.24, 2.45) is 5.92 Å². The molecule has 0 atom stereocenters. The van der Waals surface area contributed by atoms with E-state index in [1.807, 2.05) is 11.6 Å². The molecule has 1 fully saturated rings. The Morgan fingerprint density at radius 3 is 2.64 bits per heavy atom. The number of carbonyl (C=O) groups is 1. The molecule has 28 heavy (non-hydrogen) atoms. The Balaban J connectivity index is 1.70. The van der Waals surface area contributed by atoms with Crippen molar-refractivity contribution in [3.63, 3.8) is 0 Å². The van der Waals surface area contributed by atoms with E-state index < -0.39 is 0 Å². The van der Waals surface area contributed by atoms with E-state index in [0.717, 1.165) is 36.3 Å². The third kappa shape index (κ3) is 4.75. The van der Waals surface area contributed by atoms with Gasteiger partial charge in [-0.3, -0.25) is 9.48 Å². The van der Waals surface area contributed by atoms with Crippen LogP contribution >= 0.6 is 11.6 Å². The van der Waals surface area contributed by atoms with Gasteiger partial charge in [0.2, 0.25) is 5.91 Å². The van der Waals surface area contributed by atoms with E-state index in [-0.39, 0.29) is 24.3 Å². The number of hydrogen-bond donors (Lipinski definition) is 0. The van der Waals surface area contributed by atoms with Crippen molar-refractivity contribution in [1.82, 2.24) is 14.7 Å². The maximum atomic E-state index is 14.2. The number of halogens is 2. The van der Waals surface area contributed by atoms with Crippen LogP contribution in [0.25, 0.3) is 0 Å². The van der Waals surface area contributed by atoms with Crippen LogP contribution in [0.3, 0.4) is 0 Å². The monoisotopic (exact) mass is 405 g/mol. The van der Waals surface area contributed by atoms with Crippen molar-refractivity contribution in [3.8, 4) is 0 Å². The average Bonchev–Trinajstić information content (AvgIpc) is 3.41. The lowest BCUT2D eigenvalue weighted by atomic mass is 10.1. The number of rotatable bonds is 8. The molecule has 2 aromatic rings. The topological polar surface area (TPSA) is 38.1 Å². The molecule has 0 bridgehead atoms. The van der Waals surface area contributed by atoms with Gasteiger partial charge in [0.05, 0.1) is 12.2 Å². The van der Waals surface area contributed by atoms with Crippen molar-refractivity contribution < 1.29 is 9.18 Å². The third-order valence-corrected chi connectivity index (χ3v) is 5.71. The van der Waals surface area contributed by atoms with Crippen molar-refractivity contribution in [1.29, 1.82) is 0 Å². The summed E-state index contributed by atoms with van der Waals surface area (Å²) in [6, 6.07) is 4.86. The van der Waals surface area contributed by atoms with Gasteiger partial charge in [-0.15, -0.1) is 0 Å². The highest BCUT2D eigenvalue weighted by atomic mass is 35.5. The zero-order valence-electron chi connectivity index (χ0n) is 17.1. The normalized spacial score (nSPS) is 14.0. The van der Waals surface area contributed by atoms with Gasteiger partial charge in [0.1, 0.15) is 5.82 Å². The van der Waals surface area contributed by atoms with E-state index >= 15 is 0 Å². The van der Waals surface area contributed by atoms with E-state index in [1.165, 1.54) is 6.07 Å². The molecule has 1 amide bonds. The number of benzene rings is 1. The molecule has 1 heterocycles. The Morgan fingerprint density at radius 1 is 1.32 bits per heavy atom. The summed E-state index contributed by atoms with van der Waals surface area (Å²) in [5.41, 5.74) is 3.67. The van der Waals surface area contributed by atoms with E-state index in [9.17, 15) is 9.18 Å². The summed E-state index contributed by atoms with van der Waals surface area (Å²) in [6.07, 6.45) is 3.00. The zero-order valence-corrected chi connectivity index (χ0v) is 17.9. The SMILES string of the molecule is Cc1nn(CC(C)C)c(C)c1CCC(=O)N(Cc1c(F)cccc1Cl)C1CC1. The Kier molecular flexibility index (Phi) is 6.43. The fraction of sp³-hybridized carbons (Fsp3) is 0.545. The molecule has 1 aliphatic rings. The van der Waals surface area contributed by atoms with E-state index in [1.54, 1.807) is 17.0 Å². The van der Waals surface area contributed by atoms with Gasteiger partial charge >= 0.3 is 0 Å². The van der Waals surface area contributed by atoms with Crippen molar-refractivity contribution in [3.05, 3.63) is 51.6 Å². The van der Waals surface area contributed by atoms with Gasteiger partial charge in [-0.1, -0.05) is 31.5 Å². The first-order valence-electron chi connectivity index (χ1n) is 10.0. The molecule has 0 saturated heterocycles. The first-order chi connectivity index (χ1) is 13.3.